The summed E-state index contributed by atoms with van der Waals surface area (Å²) >= 11 is 6.33. The van der Waals surface area contributed by atoms with E-state index in [1.807, 2.05) is 12.1 Å². The van der Waals surface area contributed by atoms with E-state index in [-0.39, 0.29) is 6.61 Å². The van der Waals surface area contributed by atoms with Crippen LogP contribution in [-0.2, 0) is 11.3 Å². The zero-order valence-electron chi connectivity index (χ0n) is 12.5. The maximum absolute atomic E-state index is 9.14. The molecule has 1 aromatic rings. The first-order valence-corrected chi connectivity index (χ1v) is 7.33. The average molecular weight is 301 g/mol. The molecule has 2 N–H and O–H groups in total. The Kier molecular flexibility index (Phi) is 7.92. The van der Waals surface area contributed by atoms with Crippen LogP contribution in [0.2, 0.25) is 5.02 Å². The Hall–Kier alpha value is -0.810. The number of aliphatic hydroxyl groups is 1. The smallest absolute Gasteiger partial charge is 0.0606 e. The first-order valence-electron chi connectivity index (χ1n) is 6.95. The molecule has 0 saturated heterocycles. The second-order valence-electron chi connectivity index (χ2n) is 4.96. The molecule has 4 nitrogen and oxygen atoms in total. The van der Waals surface area contributed by atoms with E-state index in [2.05, 4.69) is 30.1 Å². The van der Waals surface area contributed by atoms with Crippen molar-refractivity contribution in [3.63, 3.8) is 0 Å². The van der Waals surface area contributed by atoms with Crippen molar-refractivity contribution in [2.45, 2.75) is 26.4 Å². The van der Waals surface area contributed by atoms with Gasteiger partial charge in [0.2, 0.25) is 0 Å². The van der Waals surface area contributed by atoms with E-state index in [9.17, 15) is 0 Å². The summed E-state index contributed by atoms with van der Waals surface area (Å²) < 4.78 is 4.99. The summed E-state index contributed by atoms with van der Waals surface area (Å²) in [5.41, 5.74) is 2.11. The van der Waals surface area contributed by atoms with Crippen LogP contribution in [0.1, 0.15) is 19.4 Å². The van der Waals surface area contributed by atoms with Crippen LogP contribution in [0.3, 0.4) is 0 Å². The van der Waals surface area contributed by atoms with Gasteiger partial charge in [0, 0.05) is 43.5 Å². The number of benzene rings is 1. The van der Waals surface area contributed by atoms with E-state index < -0.39 is 0 Å². The largest absolute Gasteiger partial charge is 0.395 e. The van der Waals surface area contributed by atoms with Crippen LogP contribution >= 0.6 is 11.6 Å². The summed E-state index contributed by atoms with van der Waals surface area (Å²) in [5, 5.41) is 13.2. The van der Waals surface area contributed by atoms with Crippen LogP contribution in [0, 0.1) is 0 Å². The van der Waals surface area contributed by atoms with Crippen LogP contribution in [0.4, 0.5) is 5.69 Å². The third-order valence-electron chi connectivity index (χ3n) is 3.13. The number of nitrogens with one attached hydrogen (secondary N) is 1. The number of hydrogen-bond donors (Lipinski definition) is 2. The zero-order chi connectivity index (χ0) is 15.0. The molecule has 5 heteroatoms. The topological polar surface area (TPSA) is 44.7 Å². The molecular formula is C15H25ClN2O2. The molecule has 0 aromatic heterocycles. The summed E-state index contributed by atoms with van der Waals surface area (Å²) in [4.78, 5) is 2.13. The Morgan fingerprint density at radius 3 is 2.70 bits per heavy atom. The molecule has 0 heterocycles. The minimum atomic E-state index is 0.135. The van der Waals surface area contributed by atoms with Gasteiger partial charge in [-0.25, -0.2) is 0 Å². The number of aliphatic hydroxyl groups excluding tert-OH is 1. The van der Waals surface area contributed by atoms with Crippen molar-refractivity contribution in [2.75, 3.05) is 38.3 Å². The van der Waals surface area contributed by atoms with Crippen LogP contribution in [0.15, 0.2) is 18.2 Å². The fourth-order valence-electron chi connectivity index (χ4n) is 2.05. The van der Waals surface area contributed by atoms with Gasteiger partial charge in [-0.2, -0.15) is 0 Å². The number of ether oxygens (including phenoxy) is 1. The van der Waals surface area contributed by atoms with Crippen molar-refractivity contribution in [3.05, 3.63) is 28.8 Å². The maximum Gasteiger partial charge on any atom is 0.0606 e. The molecule has 0 amide bonds. The third-order valence-corrected chi connectivity index (χ3v) is 3.48. The van der Waals surface area contributed by atoms with Gasteiger partial charge in [0.1, 0.15) is 0 Å². The van der Waals surface area contributed by atoms with E-state index in [1.165, 1.54) is 0 Å². The Morgan fingerprint density at radius 1 is 1.40 bits per heavy atom. The molecule has 0 unspecified atom stereocenters. The van der Waals surface area contributed by atoms with Gasteiger partial charge >= 0.3 is 0 Å². The minimum Gasteiger partial charge on any atom is -0.395 e. The van der Waals surface area contributed by atoms with Crippen LogP contribution < -0.4 is 10.2 Å². The average Bonchev–Trinajstić information content (AvgIpc) is 2.42. The first kappa shape index (κ1) is 17.2. The van der Waals surface area contributed by atoms with Crippen molar-refractivity contribution < 1.29 is 9.84 Å². The maximum atomic E-state index is 9.14. The highest BCUT2D eigenvalue weighted by atomic mass is 35.5. The monoisotopic (exact) mass is 300 g/mol. The number of nitrogens with zero attached hydrogens (tertiary/aromatic N) is 1. The standard InChI is InChI=1S/C15H25ClN2O2/c1-12(2)18(7-8-19)14-5-4-13(15(16)10-14)11-17-6-9-20-3/h4-5,10,12,17,19H,6-9,11H2,1-3H3. The number of halogens is 1. The molecule has 0 bridgehead atoms. The van der Waals surface area contributed by atoms with Crippen LogP contribution in [0.25, 0.3) is 0 Å². The highest BCUT2D eigenvalue weighted by Gasteiger charge is 2.11. The normalized spacial score (nSPS) is 11.1. The number of methoxy groups -OCH3 is 1. The Balaban J connectivity index is 2.70. The number of rotatable bonds is 9. The molecule has 0 saturated carbocycles. The number of hydrogen-bond acceptors (Lipinski definition) is 4. The fourth-order valence-corrected chi connectivity index (χ4v) is 2.29. The van der Waals surface area contributed by atoms with Gasteiger partial charge in [0.05, 0.1) is 13.2 Å². The highest BCUT2D eigenvalue weighted by molar-refractivity contribution is 6.31. The quantitative estimate of drug-likeness (QED) is 0.687. The second-order valence-corrected chi connectivity index (χ2v) is 5.36. The lowest BCUT2D eigenvalue weighted by Gasteiger charge is -2.28. The van der Waals surface area contributed by atoms with Gasteiger partial charge in [-0.05, 0) is 31.5 Å². The van der Waals surface area contributed by atoms with E-state index in [0.29, 0.717) is 19.2 Å². The minimum absolute atomic E-state index is 0.135. The molecule has 20 heavy (non-hydrogen) atoms. The molecule has 114 valence electrons. The van der Waals surface area contributed by atoms with Crippen molar-refractivity contribution >= 4 is 17.3 Å². The fraction of sp³-hybridized carbons (Fsp3) is 0.600. The second kappa shape index (κ2) is 9.19. The lowest BCUT2D eigenvalue weighted by Crippen LogP contribution is -2.33. The molecule has 1 aromatic carbocycles. The number of anilines is 1. The lowest BCUT2D eigenvalue weighted by atomic mass is 10.1. The zero-order valence-corrected chi connectivity index (χ0v) is 13.3. The molecule has 0 atom stereocenters. The van der Waals surface area contributed by atoms with E-state index in [4.69, 9.17) is 21.4 Å². The SMILES string of the molecule is COCCNCc1ccc(N(CCO)C(C)C)cc1Cl. The molecule has 0 fully saturated rings. The van der Waals surface area contributed by atoms with Gasteiger partial charge in [0.15, 0.2) is 0 Å². The summed E-state index contributed by atoms with van der Waals surface area (Å²) in [7, 11) is 1.69. The van der Waals surface area contributed by atoms with E-state index >= 15 is 0 Å². The van der Waals surface area contributed by atoms with E-state index in [0.717, 1.165) is 29.4 Å². The molecule has 0 aliphatic carbocycles. The van der Waals surface area contributed by atoms with Gasteiger partial charge in [-0.1, -0.05) is 17.7 Å². The third kappa shape index (κ3) is 5.29. The lowest BCUT2D eigenvalue weighted by molar-refractivity contribution is 0.199. The predicted octanol–water partition coefficient (Wildman–Crippen LogP) is 2.28. The van der Waals surface area contributed by atoms with Crippen LogP contribution in [-0.4, -0.2) is 44.6 Å². The molecule has 0 aliphatic heterocycles. The highest BCUT2D eigenvalue weighted by Crippen LogP contribution is 2.25. The molecule has 0 radical (unpaired) electrons. The van der Waals surface area contributed by atoms with Crippen molar-refractivity contribution in [3.8, 4) is 0 Å². The summed E-state index contributed by atoms with van der Waals surface area (Å²) in [5.74, 6) is 0. The molecule has 1 rings (SSSR count). The van der Waals surface area contributed by atoms with Crippen molar-refractivity contribution in [1.82, 2.24) is 5.32 Å². The van der Waals surface area contributed by atoms with E-state index in [1.54, 1.807) is 7.11 Å². The Morgan fingerprint density at radius 2 is 2.15 bits per heavy atom. The van der Waals surface area contributed by atoms with Crippen LogP contribution in [0.5, 0.6) is 0 Å². The summed E-state index contributed by atoms with van der Waals surface area (Å²) in [6, 6.07) is 6.37. The first-order chi connectivity index (χ1) is 9.60. The summed E-state index contributed by atoms with van der Waals surface area (Å²) in [6.07, 6.45) is 0. The predicted molar refractivity (Wildman–Crippen MR) is 84.6 cm³/mol. The van der Waals surface area contributed by atoms with Crippen molar-refractivity contribution in [1.29, 1.82) is 0 Å². The summed E-state index contributed by atoms with van der Waals surface area (Å²) in [6.45, 7) is 7.16. The van der Waals surface area contributed by atoms with Gasteiger partial charge < -0.3 is 20.1 Å². The van der Waals surface area contributed by atoms with Crippen molar-refractivity contribution in [2.24, 2.45) is 0 Å². The molecule has 0 spiro atoms. The molecular weight excluding hydrogens is 276 g/mol. The van der Waals surface area contributed by atoms with Gasteiger partial charge in [0.25, 0.3) is 0 Å². The Labute approximate surface area is 126 Å². The Bertz CT molecular complexity index is 399. The van der Waals surface area contributed by atoms with Gasteiger partial charge in [-0.15, -0.1) is 0 Å². The molecule has 0 aliphatic rings. The van der Waals surface area contributed by atoms with Gasteiger partial charge in [-0.3, -0.25) is 0 Å².